The summed E-state index contributed by atoms with van der Waals surface area (Å²) in [5, 5.41) is 0.744. The van der Waals surface area contributed by atoms with Crippen LogP contribution in [-0.2, 0) is 17.8 Å². The number of carbonyl (C=O) groups excluding carboxylic acids is 1. The van der Waals surface area contributed by atoms with E-state index >= 15 is 0 Å². The molecule has 2 heterocycles. The van der Waals surface area contributed by atoms with Crippen LogP contribution >= 0.6 is 23.1 Å². The van der Waals surface area contributed by atoms with Gasteiger partial charge in [-0.25, -0.2) is 4.98 Å². The second kappa shape index (κ2) is 7.86. The molecule has 3 aromatic rings. The third-order valence-electron chi connectivity index (χ3n) is 4.58. The second-order valence-corrected chi connectivity index (χ2v) is 9.01. The van der Waals surface area contributed by atoms with E-state index < -0.39 is 11.2 Å². The van der Waals surface area contributed by atoms with Gasteiger partial charge in [0.15, 0.2) is 5.16 Å². The number of hydrogen-bond acceptors (Lipinski definition) is 5. The molecule has 1 atom stereocenters. The second-order valence-electron chi connectivity index (χ2n) is 6.62. The summed E-state index contributed by atoms with van der Waals surface area (Å²) in [6, 6.07) is 8.07. The summed E-state index contributed by atoms with van der Waals surface area (Å²) in [7, 11) is 0. The van der Waals surface area contributed by atoms with E-state index in [9.17, 15) is 9.59 Å². The molecule has 142 valence electrons. The molecule has 0 aliphatic carbocycles. The Morgan fingerprint density at radius 1 is 1.30 bits per heavy atom. The largest absolute Gasteiger partial charge is 0.369 e. The smallest absolute Gasteiger partial charge is 0.263 e. The number of primary amides is 1. The summed E-state index contributed by atoms with van der Waals surface area (Å²) >= 11 is 2.79. The van der Waals surface area contributed by atoms with Gasteiger partial charge in [-0.05, 0) is 38.3 Å². The number of aromatic nitrogens is 2. The predicted molar refractivity (Wildman–Crippen MR) is 113 cm³/mol. The Morgan fingerprint density at radius 2 is 1.96 bits per heavy atom. The van der Waals surface area contributed by atoms with Crippen LogP contribution in [0, 0.1) is 13.8 Å². The molecule has 2 N–H and O–H groups in total. The van der Waals surface area contributed by atoms with Gasteiger partial charge in [-0.1, -0.05) is 48.5 Å². The van der Waals surface area contributed by atoms with Gasteiger partial charge in [0.05, 0.1) is 17.2 Å². The van der Waals surface area contributed by atoms with Crippen molar-refractivity contribution in [1.29, 1.82) is 0 Å². The third-order valence-corrected chi connectivity index (χ3v) is 7.02. The van der Waals surface area contributed by atoms with Crippen LogP contribution in [0.1, 0.15) is 35.4 Å². The number of thiophene rings is 1. The highest BCUT2D eigenvalue weighted by atomic mass is 32.2. The lowest BCUT2D eigenvalue weighted by Crippen LogP contribution is -2.27. The van der Waals surface area contributed by atoms with Crippen molar-refractivity contribution < 1.29 is 4.79 Å². The average Bonchev–Trinajstić information content (AvgIpc) is 2.95. The third kappa shape index (κ3) is 3.94. The quantitative estimate of drug-likeness (QED) is 0.505. The molecule has 1 aromatic carbocycles. The molecule has 0 radical (unpaired) electrons. The Bertz CT molecular complexity index is 1050. The molecule has 27 heavy (non-hydrogen) atoms. The molecule has 0 spiro atoms. The predicted octanol–water partition coefficient (Wildman–Crippen LogP) is 3.65. The van der Waals surface area contributed by atoms with Crippen LogP contribution in [0.3, 0.4) is 0 Å². The van der Waals surface area contributed by atoms with E-state index in [1.54, 1.807) is 22.8 Å². The van der Waals surface area contributed by atoms with E-state index in [1.807, 2.05) is 38.1 Å². The maximum Gasteiger partial charge on any atom is 0.263 e. The van der Waals surface area contributed by atoms with Crippen LogP contribution < -0.4 is 11.3 Å². The van der Waals surface area contributed by atoms with Crippen molar-refractivity contribution in [2.45, 2.75) is 51.1 Å². The summed E-state index contributed by atoms with van der Waals surface area (Å²) in [4.78, 5) is 31.5. The fourth-order valence-corrected chi connectivity index (χ4v) is 4.92. The van der Waals surface area contributed by atoms with Crippen LogP contribution in [0.5, 0.6) is 0 Å². The standard InChI is InChI=1S/C20H23N3O2S2/c1-5-15-12(3)16-18(27-15)22-20(26-13(4)17(21)24)23(19(16)25)10-14-8-6-11(2)7-9-14/h6-9,13H,5,10H2,1-4H3,(H2,21,24)/t13-/m0/s1. The Kier molecular flexibility index (Phi) is 5.72. The maximum atomic E-state index is 13.3. The number of thioether (sulfide) groups is 1. The number of aryl methyl sites for hydroxylation is 3. The van der Waals surface area contributed by atoms with Crippen molar-refractivity contribution in [2.75, 3.05) is 0 Å². The first-order valence-corrected chi connectivity index (χ1v) is 10.6. The summed E-state index contributed by atoms with van der Waals surface area (Å²) in [5.74, 6) is -0.423. The lowest BCUT2D eigenvalue weighted by Gasteiger charge is -2.14. The molecule has 3 rings (SSSR count). The minimum Gasteiger partial charge on any atom is -0.369 e. The number of nitrogens with zero attached hydrogens (tertiary/aromatic N) is 2. The van der Waals surface area contributed by atoms with Crippen LogP contribution in [0.25, 0.3) is 10.2 Å². The van der Waals surface area contributed by atoms with Crippen molar-refractivity contribution in [2.24, 2.45) is 5.73 Å². The first kappa shape index (κ1) is 19.6. The molecule has 0 aliphatic heterocycles. The molecule has 5 nitrogen and oxygen atoms in total. The molecular weight excluding hydrogens is 378 g/mol. The van der Waals surface area contributed by atoms with Crippen molar-refractivity contribution in [3.05, 3.63) is 56.2 Å². The highest BCUT2D eigenvalue weighted by molar-refractivity contribution is 8.00. The Balaban J connectivity index is 2.18. The molecule has 1 amide bonds. The Labute approximate surface area is 166 Å². The maximum absolute atomic E-state index is 13.3. The molecule has 7 heteroatoms. The zero-order chi connectivity index (χ0) is 19.7. The summed E-state index contributed by atoms with van der Waals surface area (Å²) in [5.41, 5.74) is 8.56. The first-order valence-electron chi connectivity index (χ1n) is 8.86. The topological polar surface area (TPSA) is 78.0 Å². The minimum absolute atomic E-state index is 0.0619. The van der Waals surface area contributed by atoms with E-state index in [1.165, 1.54) is 16.6 Å². The van der Waals surface area contributed by atoms with Gasteiger partial charge in [0.2, 0.25) is 5.91 Å². The van der Waals surface area contributed by atoms with Crippen LogP contribution in [0.15, 0.2) is 34.2 Å². The van der Waals surface area contributed by atoms with Crippen molar-refractivity contribution in [1.82, 2.24) is 9.55 Å². The lowest BCUT2D eigenvalue weighted by atomic mass is 10.1. The van der Waals surface area contributed by atoms with Crippen LogP contribution in [0.2, 0.25) is 0 Å². The molecule has 0 fully saturated rings. The number of nitrogens with two attached hydrogens (primary N) is 1. The number of rotatable bonds is 6. The fraction of sp³-hybridized carbons (Fsp3) is 0.350. The van der Waals surface area contributed by atoms with Gasteiger partial charge in [0.25, 0.3) is 5.56 Å². The van der Waals surface area contributed by atoms with E-state index in [0.29, 0.717) is 17.1 Å². The molecular formula is C20H23N3O2S2. The van der Waals surface area contributed by atoms with Gasteiger partial charge >= 0.3 is 0 Å². The van der Waals surface area contributed by atoms with Gasteiger partial charge in [-0.15, -0.1) is 11.3 Å². The zero-order valence-electron chi connectivity index (χ0n) is 15.9. The highest BCUT2D eigenvalue weighted by Crippen LogP contribution is 2.30. The number of fused-ring (bicyclic) bond motifs is 1. The zero-order valence-corrected chi connectivity index (χ0v) is 17.5. The van der Waals surface area contributed by atoms with Crippen molar-refractivity contribution >= 4 is 39.2 Å². The molecule has 0 bridgehead atoms. The number of benzene rings is 1. The first-order chi connectivity index (χ1) is 12.8. The summed E-state index contributed by atoms with van der Waals surface area (Å²) in [6.45, 7) is 8.23. The SMILES string of the molecule is CCc1sc2nc(S[C@@H](C)C(N)=O)n(Cc3ccc(C)cc3)c(=O)c2c1C. The normalized spacial score (nSPS) is 12.4. The van der Waals surface area contributed by atoms with Crippen LogP contribution in [-0.4, -0.2) is 20.7 Å². The molecule has 0 saturated carbocycles. The van der Waals surface area contributed by atoms with Crippen molar-refractivity contribution in [3.63, 3.8) is 0 Å². The average molecular weight is 402 g/mol. The van der Waals surface area contributed by atoms with E-state index in [0.717, 1.165) is 27.9 Å². The van der Waals surface area contributed by atoms with Crippen molar-refractivity contribution in [3.8, 4) is 0 Å². The molecule has 0 saturated heterocycles. The lowest BCUT2D eigenvalue weighted by molar-refractivity contribution is -0.117. The fourth-order valence-electron chi connectivity index (χ4n) is 2.90. The summed E-state index contributed by atoms with van der Waals surface area (Å²) < 4.78 is 1.66. The monoisotopic (exact) mass is 401 g/mol. The van der Waals surface area contributed by atoms with Gasteiger partial charge in [0.1, 0.15) is 4.83 Å². The molecule has 2 aromatic heterocycles. The van der Waals surface area contributed by atoms with Crippen LogP contribution in [0.4, 0.5) is 0 Å². The van der Waals surface area contributed by atoms with E-state index in [-0.39, 0.29) is 5.56 Å². The van der Waals surface area contributed by atoms with E-state index in [2.05, 4.69) is 6.92 Å². The number of carbonyl (C=O) groups is 1. The number of hydrogen-bond donors (Lipinski definition) is 1. The minimum atomic E-state index is -0.467. The molecule has 0 unspecified atom stereocenters. The van der Waals surface area contributed by atoms with Gasteiger partial charge in [-0.3, -0.25) is 14.2 Å². The van der Waals surface area contributed by atoms with Gasteiger partial charge in [-0.2, -0.15) is 0 Å². The molecule has 0 aliphatic rings. The Hall–Kier alpha value is -2.12. The Morgan fingerprint density at radius 3 is 2.56 bits per heavy atom. The van der Waals surface area contributed by atoms with Gasteiger partial charge in [0, 0.05) is 4.88 Å². The highest BCUT2D eigenvalue weighted by Gasteiger charge is 2.21. The number of amides is 1. The van der Waals surface area contributed by atoms with Gasteiger partial charge < -0.3 is 5.73 Å². The summed E-state index contributed by atoms with van der Waals surface area (Å²) in [6.07, 6.45) is 0.866. The van der Waals surface area contributed by atoms with E-state index in [4.69, 9.17) is 10.7 Å².